The first-order valence-electron chi connectivity index (χ1n) is 12.2. The molecule has 0 aromatic carbocycles. The Morgan fingerprint density at radius 1 is 0.267 bits per heavy atom. The van der Waals surface area contributed by atoms with Crippen molar-refractivity contribution in [3.05, 3.63) is 0 Å². The van der Waals surface area contributed by atoms with Crippen LogP contribution in [0.15, 0.2) is 0 Å². The standard InChI is InChI=1S/C9F21N.C9F19N/c10-1(11,5(18,19)20)3(14,15)7(24,25)31(9(28,29)30)8(26,27)4(16,17)2(12,13)6(21,22)23;10-1(11)3(14,15)7(23,24)29(8(25,26)4(1,16)17)9(27,28)5(18,19)2(12,13)6(20,21)22. The van der Waals surface area contributed by atoms with E-state index in [0.29, 0.717) is 0 Å². The summed E-state index contributed by atoms with van der Waals surface area (Å²) in [6.07, 6.45) is -32.2. The van der Waals surface area contributed by atoms with Crippen LogP contribution in [0.1, 0.15) is 0 Å². The lowest BCUT2D eigenvalue weighted by Gasteiger charge is -2.54. The first kappa shape index (κ1) is 57.1. The maximum atomic E-state index is 13.4. The molecule has 0 aliphatic carbocycles. The van der Waals surface area contributed by atoms with Crippen molar-refractivity contribution in [1.29, 1.82) is 0 Å². The highest BCUT2D eigenvalue weighted by molar-refractivity contribution is 5.18. The van der Waals surface area contributed by atoms with Crippen molar-refractivity contribution in [2.75, 3.05) is 0 Å². The van der Waals surface area contributed by atoms with Crippen LogP contribution in [0, 0.1) is 0 Å². The molecule has 362 valence electrons. The van der Waals surface area contributed by atoms with Gasteiger partial charge in [-0.2, -0.15) is 176 Å². The molecule has 1 aliphatic rings. The second-order valence-corrected chi connectivity index (χ2v) is 10.5. The molecule has 0 bridgehead atoms. The first-order chi connectivity index (χ1) is 25.0. The van der Waals surface area contributed by atoms with Crippen LogP contribution in [0.2, 0.25) is 0 Å². The van der Waals surface area contributed by atoms with Gasteiger partial charge in [0.15, 0.2) is 0 Å². The Morgan fingerprint density at radius 2 is 0.467 bits per heavy atom. The summed E-state index contributed by atoms with van der Waals surface area (Å²) in [6.45, 7) is 0. The Hall–Kier alpha value is -2.88. The van der Waals surface area contributed by atoms with E-state index in [1.54, 1.807) is 0 Å². The summed E-state index contributed by atoms with van der Waals surface area (Å²) in [4.78, 5) is -10.0. The van der Waals surface area contributed by atoms with Crippen LogP contribution in [0.5, 0.6) is 0 Å². The highest BCUT2D eigenvalue weighted by atomic mass is 19.5. The van der Waals surface area contributed by atoms with Gasteiger partial charge in [0.05, 0.1) is 0 Å². The summed E-state index contributed by atoms with van der Waals surface area (Å²) in [5.41, 5.74) is 0. The molecule has 0 unspecified atom stereocenters. The van der Waals surface area contributed by atoms with E-state index in [2.05, 4.69) is 0 Å². The van der Waals surface area contributed by atoms with E-state index < -0.39 is 118 Å². The monoisotopic (exact) mass is 1000 g/mol. The summed E-state index contributed by atoms with van der Waals surface area (Å²) in [5.74, 6) is -75.5. The molecule has 60 heavy (non-hydrogen) atoms. The van der Waals surface area contributed by atoms with E-state index in [0.717, 1.165) is 0 Å². The predicted octanol–water partition coefficient (Wildman–Crippen LogP) is 12.5. The Bertz CT molecular complexity index is 1450. The summed E-state index contributed by atoms with van der Waals surface area (Å²) < 4.78 is 507. The van der Waals surface area contributed by atoms with Gasteiger partial charge in [0.1, 0.15) is 0 Å². The third kappa shape index (κ3) is 7.16. The van der Waals surface area contributed by atoms with Gasteiger partial charge in [-0.3, -0.25) is 0 Å². The minimum atomic E-state index is -8.90. The number of likely N-dealkylation sites (tertiary alicyclic amines) is 1. The molecule has 0 N–H and O–H groups in total. The number of hydrogen-bond acceptors (Lipinski definition) is 2. The average Bonchev–Trinajstić information content (AvgIpc) is 2.92. The van der Waals surface area contributed by atoms with Crippen LogP contribution >= 0.6 is 0 Å². The van der Waals surface area contributed by atoms with Gasteiger partial charge >= 0.3 is 108 Å². The molecule has 1 heterocycles. The van der Waals surface area contributed by atoms with E-state index in [1.165, 1.54) is 0 Å². The molecule has 0 aromatic heterocycles. The van der Waals surface area contributed by atoms with Crippen LogP contribution in [-0.4, -0.2) is 118 Å². The van der Waals surface area contributed by atoms with E-state index in [1.807, 2.05) is 0 Å². The number of nitrogens with zero attached hydrogens (tertiary/aromatic N) is 2. The Kier molecular flexibility index (Phi) is 13.1. The molecule has 0 spiro atoms. The largest absolute Gasteiger partial charge is 0.469 e. The van der Waals surface area contributed by atoms with Gasteiger partial charge < -0.3 is 0 Å². The minimum Gasteiger partial charge on any atom is -0.192 e. The van der Waals surface area contributed by atoms with Gasteiger partial charge in [0.25, 0.3) is 0 Å². The zero-order valence-corrected chi connectivity index (χ0v) is 25.0. The van der Waals surface area contributed by atoms with Crippen LogP contribution in [0.25, 0.3) is 0 Å². The van der Waals surface area contributed by atoms with Crippen molar-refractivity contribution in [1.82, 2.24) is 9.80 Å². The highest BCUT2D eigenvalue weighted by Crippen LogP contribution is 2.69. The molecule has 1 saturated heterocycles. The third-order valence-electron chi connectivity index (χ3n) is 6.59. The number of piperidine rings is 1. The molecular formula is C18F40N2. The second kappa shape index (κ2) is 13.8. The second-order valence-electron chi connectivity index (χ2n) is 10.5. The highest BCUT2D eigenvalue weighted by Gasteiger charge is 3.00. The van der Waals surface area contributed by atoms with Crippen molar-refractivity contribution in [2.24, 2.45) is 0 Å². The van der Waals surface area contributed by atoms with Gasteiger partial charge in [0.2, 0.25) is 0 Å². The summed E-state index contributed by atoms with van der Waals surface area (Å²) in [7, 11) is 0. The fourth-order valence-electron chi connectivity index (χ4n) is 3.40. The lowest BCUT2D eigenvalue weighted by atomic mass is 9.91. The van der Waals surface area contributed by atoms with Crippen LogP contribution in [0.4, 0.5) is 176 Å². The minimum absolute atomic E-state index is 4.77. The molecule has 0 atom stereocenters. The molecular weight excluding hydrogens is 1000 g/mol. The van der Waals surface area contributed by atoms with Gasteiger partial charge in [-0.25, -0.2) is 0 Å². The van der Waals surface area contributed by atoms with E-state index in [-0.39, 0.29) is 0 Å². The number of hydrogen-bond donors (Lipinski definition) is 0. The van der Waals surface area contributed by atoms with Crippen LogP contribution in [-0.2, 0) is 0 Å². The topological polar surface area (TPSA) is 6.48 Å². The van der Waals surface area contributed by atoms with E-state index in [9.17, 15) is 176 Å². The average molecular weight is 1000 g/mol. The van der Waals surface area contributed by atoms with Gasteiger partial charge in [-0.1, -0.05) is 4.90 Å². The van der Waals surface area contributed by atoms with Crippen molar-refractivity contribution < 1.29 is 176 Å². The van der Waals surface area contributed by atoms with Crippen LogP contribution in [0.3, 0.4) is 0 Å². The predicted molar refractivity (Wildman–Crippen MR) is 97.2 cm³/mol. The third-order valence-corrected chi connectivity index (χ3v) is 6.59. The fourth-order valence-corrected chi connectivity index (χ4v) is 3.40. The van der Waals surface area contributed by atoms with Gasteiger partial charge in [-0.15, -0.1) is 4.90 Å². The Balaban J connectivity index is 0.00000116. The molecule has 0 saturated carbocycles. The van der Waals surface area contributed by atoms with Crippen molar-refractivity contribution >= 4 is 0 Å². The van der Waals surface area contributed by atoms with Gasteiger partial charge in [-0.05, 0) is 0 Å². The zero-order valence-electron chi connectivity index (χ0n) is 25.0. The lowest BCUT2D eigenvalue weighted by Crippen LogP contribution is -2.86. The van der Waals surface area contributed by atoms with Crippen LogP contribution < -0.4 is 0 Å². The Morgan fingerprint density at radius 3 is 0.650 bits per heavy atom. The number of alkyl halides is 40. The molecule has 0 radical (unpaired) electrons. The molecule has 0 aromatic rings. The van der Waals surface area contributed by atoms with E-state index in [4.69, 9.17) is 0 Å². The summed E-state index contributed by atoms with van der Waals surface area (Å²) in [5, 5.41) is 0. The molecule has 1 rings (SSSR count). The Labute approximate surface area is 295 Å². The summed E-state index contributed by atoms with van der Waals surface area (Å²) in [6, 6.07) is -42.8. The molecule has 42 heteroatoms. The number of rotatable bonds is 9. The van der Waals surface area contributed by atoms with Crippen molar-refractivity contribution in [2.45, 2.75) is 108 Å². The molecule has 0 amide bonds. The van der Waals surface area contributed by atoms with Gasteiger partial charge in [0, 0.05) is 0 Å². The molecule has 1 aliphatic heterocycles. The molecule has 2 nitrogen and oxygen atoms in total. The fraction of sp³-hybridized carbons (Fsp3) is 1.00. The smallest absolute Gasteiger partial charge is 0.192 e. The molecule has 1 fully saturated rings. The van der Waals surface area contributed by atoms with Crippen molar-refractivity contribution in [3.8, 4) is 0 Å². The van der Waals surface area contributed by atoms with E-state index >= 15 is 0 Å². The lowest BCUT2D eigenvalue weighted by molar-refractivity contribution is -0.556. The maximum absolute atomic E-state index is 13.4. The summed E-state index contributed by atoms with van der Waals surface area (Å²) >= 11 is 0. The zero-order chi connectivity index (χ0) is 50.2. The normalized spacial score (nSPS) is 21.8. The number of halogens is 40. The maximum Gasteiger partial charge on any atom is 0.469 e. The first-order valence-corrected chi connectivity index (χ1v) is 12.2. The van der Waals surface area contributed by atoms with Crippen molar-refractivity contribution in [3.63, 3.8) is 0 Å². The quantitative estimate of drug-likeness (QED) is 0.168. The SMILES string of the molecule is FC(F)(F)C(F)(F)C(F)(F)C(F)(F)N1C(F)(F)C(F)(F)C(F)(F)C(F)(F)C1(F)F.FC(F)(F)N(C(F)(F)C(F)(F)C(F)(F)C(F)(F)F)C(F)(F)C(F)(F)C(F)(F)C(F)(F)F.